The van der Waals surface area contributed by atoms with Gasteiger partial charge in [-0.15, -0.1) is 0 Å². The molecule has 23 heavy (non-hydrogen) atoms. The van der Waals surface area contributed by atoms with E-state index in [-0.39, 0.29) is 23.5 Å². The lowest BCUT2D eigenvalue weighted by molar-refractivity contribution is -0.143. The van der Waals surface area contributed by atoms with E-state index in [0.29, 0.717) is 0 Å². The third kappa shape index (κ3) is 5.21. The average molecular weight is 399 g/mol. The molecular formula is C18H27BrO3Si. The van der Waals surface area contributed by atoms with Crippen LogP contribution in [-0.2, 0) is 9.53 Å². The summed E-state index contributed by atoms with van der Waals surface area (Å²) in [6.45, 7) is 16.7. The predicted octanol–water partition coefficient (Wildman–Crippen LogP) is 5.67. The molecule has 1 aromatic carbocycles. The van der Waals surface area contributed by atoms with Gasteiger partial charge in [0.25, 0.3) is 8.32 Å². The van der Waals surface area contributed by atoms with Crippen LogP contribution in [0.2, 0.25) is 18.1 Å². The van der Waals surface area contributed by atoms with Crippen LogP contribution in [0.3, 0.4) is 0 Å². The molecule has 0 radical (unpaired) electrons. The number of halogens is 1. The summed E-state index contributed by atoms with van der Waals surface area (Å²) in [4.78, 5) is 11.9. The summed E-state index contributed by atoms with van der Waals surface area (Å²) in [7, 11) is -1.89. The minimum absolute atomic E-state index is 0.132. The lowest BCUT2D eigenvalue weighted by Crippen LogP contribution is -2.43. The normalized spacial score (nSPS) is 13.3. The van der Waals surface area contributed by atoms with Gasteiger partial charge in [-0.2, -0.15) is 0 Å². The van der Waals surface area contributed by atoms with Gasteiger partial charge in [-0.3, -0.25) is 4.79 Å². The van der Waals surface area contributed by atoms with Crippen molar-refractivity contribution in [3.63, 3.8) is 0 Å². The second-order valence-electron chi connectivity index (χ2n) is 7.19. The maximum atomic E-state index is 11.9. The smallest absolute Gasteiger partial charge is 0.313 e. The van der Waals surface area contributed by atoms with Crippen LogP contribution in [0.5, 0.6) is 5.75 Å². The molecule has 1 atom stereocenters. The highest BCUT2D eigenvalue weighted by Gasteiger charge is 2.39. The molecule has 0 N–H and O–H groups in total. The minimum atomic E-state index is -1.89. The summed E-state index contributed by atoms with van der Waals surface area (Å²) < 4.78 is 12.3. The van der Waals surface area contributed by atoms with Crippen molar-refractivity contribution in [2.75, 3.05) is 6.61 Å². The van der Waals surface area contributed by atoms with E-state index in [4.69, 9.17) is 9.16 Å². The van der Waals surface area contributed by atoms with Crippen LogP contribution in [0, 0.1) is 0 Å². The fourth-order valence-corrected chi connectivity index (χ4v) is 3.36. The van der Waals surface area contributed by atoms with Gasteiger partial charge in [0.15, 0.2) is 0 Å². The molecule has 0 saturated carbocycles. The Balaban J connectivity index is 2.94. The third-order valence-corrected chi connectivity index (χ3v) is 9.29. The monoisotopic (exact) mass is 398 g/mol. The average Bonchev–Trinajstić information content (AvgIpc) is 2.44. The van der Waals surface area contributed by atoms with E-state index in [1.807, 2.05) is 25.1 Å². The van der Waals surface area contributed by atoms with E-state index in [2.05, 4.69) is 56.4 Å². The molecule has 5 heteroatoms. The van der Waals surface area contributed by atoms with Crippen molar-refractivity contribution in [2.45, 2.75) is 51.7 Å². The molecule has 0 spiro atoms. The third-order valence-electron chi connectivity index (χ3n) is 4.32. The molecule has 1 aromatic rings. The molecule has 0 aliphatic heterocycles. The Bertz CT molecular complexity index is 576. The highest BCUT2D eigenvalue weighted by molar-refractivity contribution is 9.10. The summed E-state index contributed by atoms with van der Waals surface area (Å²) in [6, 6.07) is 5.78. The molecule has 0 amide bonds. The molecule has 3 nitrogen and oxygen atoms in total. The number of ether oxygens (including phenoxy) is 1. The number of hydrogen-bond donors (Lipinski definition) is 0. The first kappa shape index (κ1) is 20.0. The summed E-state index contributed by atoms with van der Waals surface area (Å²) in [5.74, 6) is 0.245. The van der Waals surface area contributed by atoms with Gasteiger partial charge < -0.3 is 9.16 Å². The molecule has 128 valence electrons. The number of carbonyl (C=O) groups is 1. The standard InChI is InChI=1S/C18H27BrO3Si/c1-8-11-21-17(20)13(2)14-9-10-16(15(19)12-14)22-23(6,7)18(3,4)5/h8-10,12-13H,1,11H2,2-7H3/t13-/m0/s1. The molecule has 0 aliphatic rings. The van der Waals surface area contributed by atoms with E-state index in [1.165, 1.54) is 0 Å². The molecule has 1 rings (SSSR count). The lowest BCUT2D eigenvalue weighted by atomic mass is 10.0. The molecule has 0 bridgehead atoms. The van der Waals surface area contributed by atoms with Crippen LogP contribution in [0.4, 0.5) is 0 Å². The van der Waals surface area contributed by atoms with Crippen LogP contribution in [-0.4, -0.2) is 20.9 Å². The van der Waals surface area contributed by atoms with Crippen molar-refractivity contribution in [3.8, 4) is 5.75 Å². The van der Waals surface area contributed by atoms with Gasteiger partial charge in [0.1, 0.15) is 12.4 Å². The van der Waals surface area contributed by atoms with Crippen LogP contribution < -0.4 is 4.43 Å². The summed E-state index contributed by atoms with van der Waals surface area (Å²) >= 11 is 3.57. The highest BCUT2D eigenvalue weighted by Crippen LogP contribution is 2.39. The lowest BCUT2D eigenvalue weighted by Gasteiger charge is -2.36. The molecular weight excluding hydrogens is 372 g/mol. The second-order valence-corrected chi connectivity index (χ2v) is 12.8. The quantitative estimate of drug-likeness (QED) is 0.351. The van der Waals surface area contributed by atoms with Gasteiger partial charge in [-0.25, -0.2) is 0 Å². The van der Waals surface area contributed by atoms with Gasteiger partial charge >= 0.3 is 5.97 Å². The van der Waals surface area contributed by atoms with E-state index in [9.17, 15) is 4.79 Å². The number of carbonyl (C=O) groups excluding carboxylic acids is 1. The Morgan fingerprint density at radius 1 is 1.39 bits per heavy atom. The first-order valence-electron chi connectivity index (χ1n) is 7.75. The molecule has 0 heterocycles. The zero-order valence-electron chi connectivity index (χ0n) is 14.9. The van der Waals surface area contributed by atoms with Crippen molar-refractivity contribution in [2.24, 2.45) is 0 Å². The van der Waals surface area contributed by atoms with Crippen LogP contribution >= 0.6 is 15.9 Å². The second kappa shape index (κ2) is 7.66. The number of benzene rings is 1. The van der Waals surface area contributed by atoms with Crippen molar-refractivity contribution in [1.82, 2.24) is 0 Å². The highest BCUT2D eigenvalue weighted by atomic mass is 79.9. The summed E-state index contributed by atoms with van der Waals surface area (Å²) in [5, 5.41) is 0.132. The maximum absolute atomic E-state index is 11.9. The zero-order valence-corrected chi connectivity index (χ0v) is 17.5. The number of hydrogen-bond acceptors (Lipinski definition) is 3. The number of rotatable bonds is 6. The summed E-state index contributed by atoms with van der Waals surface area (Å²) in [5.41, 5.74) is 0.897. The maximum Gasteiger partial charge on any atom is 0.313 e. The van der Waals surface area contributed by atoms with Gasteiger partial charge in [0, 0.05) is 0 Å². The largest absolute Gasteiger partial charge is 0.543 e. The van der Waals surface area contributed by atoms with Gasteiger partial charge in [0.2, 0.25) is 0 Å². The SMILES string of the molecule is C=CCOC(=O)[C@@H](C)c1ccc(O[Si](C)(C)C(C)(C)C)c(Br)c1. The molecule has 0 aromatic heterocycles. The Morgan fingerprint density at radius 3 is 2.48 bits per heavy atom. The van der Waals surface area contributed by atoms with E-state index in [1.54, 1.807) is 6.08 Å². The van der Waals surface area contributed by atoms with Gasteiger partial charge in [-0.1, -0.05) is 39.5 Å². The van der Waals surface area contributed by atoms with Crippen molar-refractivity contribution >= 4 is 30.2 Å². The van der Waals surface area contributed by atoms with Gasteiger partial charge in [-0.05, 0) is 58.7 Å². The van der Waals surface area contributed by atoms with E-state index < -0.39 is 8.32 Å². The van der Waals surface area contributed by atoms with Crippen LogP contribution in [0.25, 0.3) is 0 Å². The predicted molar refractivity (Wildman–Crippen MR) is 102 cm³/mol. The Morgan fingerprint density at radius 2 is 2.00 bits per heavy atom. The van der Waals surface area contributed by atoms with Crippen LogP contribution in [0.15, 0.2) is 35.3 Å². The fraction of sp³-hybridized carbons (Fsp3) is 0.500. The zero-order chi connectivity index (χ0) is 17.8. The fourth-order valence-electron chi connectivity index (χ4n) is 1.70. The van der Waals surface area contributed by atoms with E-state index >= 15 is 0 Å². The molecule has 0 saturated heterocycles. The van der Waals surface area contributed by atoms with Gasteiger partial charge in [0.05, 0.1) is 10.4 Å². The Labute approximate surface area is 149 Å². The molecule has 0 fully saturated rings. The first-order chi connectivity index (χ1) is 10.5. The number of esters is 1. The molecule has 0 aliphatic carbocycles. The van der Waals surface area contributed by atoms with Crippen molar-refractivity contribution in [3.05, 3.63) is 40.9 Å². The van der Waals surface area contributed by atoms with Crippen LogP contribution in [0.1, 0.15) is 39.2 Å². The Hall–Kier alpha value is -1.07. The minimum Gasteiger partial charge on any atom is -0.543 e. The first-order valence-corrected chi connectivity index (χ1v) is 11.5. The van der Waals surface area contributed by atoms with E-state index in [0.717, 1.165) is 15.8 Å². The van der Waals surface area contributed by atoms with Crippen molar-refractivity contribution in [1.29, 1.82) is 0 Å². The topological polar surface area (TPSA) is 35.5 Å². The Kier molecular flexibility index (Phi) is 6.66. The molecule has 0 unspecified atom stereocenters. The summed E-state index contributed by atoms with van der Waals surface area (Å²) in [6.07, 6.45) is 1.57. The van der Waals surface area contributed by atoms with Crippen molar-refractivity contribution < 1.29 is 14.0 Å².